The lowest BCUT2D eigenvalue weighted by Crippen LogP contribution is -2.55. The van der Waals surface area contributed by atoms with Crippen molar-refractivity contribution in [1.82, 2.24) is 0 Å². The molecule has 2 saturated carbocycles. The predicted molar refractivity (Wildman–Crippen MR) is 115 cm³/mol. The Bertz CT molecular complexity index is 650. The smallest absolute Gasteiger partial charge is 0.161 e. The maximum atomic E-state index is 12.8. The minimum Gasteiger partial charge on any atom is -0.550 e. The first kappa shape index (κ1) is 22.6. The van der Waals surface area contributed by atoms with Crippen molar-refractivity contribution in [2.75, 3.05) is 0 Å². The molecule has 0 aromatic heterocycles. The Balaban J connectivity index is 1.80. The molecular formula is C26H41O3-. The highest BCUT2D eigenvalue weighted by molar-refractivity contribution is 5.96. The molecule has 164 valence electrons. The fraction of sp³-hybridized carbons (Fsp3) is 0.846. The molecule has 3 heteroatoms. The van der Waals surface area contributed by atoms with Crippen LogP contribution in [0.15, 0.2) is 12.2 Å². The molecule has 7 atom stereocenters. The molecule has 3 aliphatic carbocycles. The number of allylic oxidation sites excluding steroid dienone is 2. The second-order valence-corrected chi connectivity index (χ2v) is 11.3. The summed E-state index contributed by atoms with van der Waals surface area (Å²) in [5, 5.41) is 12.4. The van der Waals surface area contributed by atoms with E-state index in [1.807, 2.05) is 13.0 Å². The molecule has 0 heterocycles. The molecule has 0 saturated heterocycles. The van der Waals surface area contributed by atoms with Crippen LogP contribution in [-0.2, 0) is 9.59 Å². The molecule has 0 aromatic rings. The number of carboxylic acid groups (broad SMARTS) is 1. The van der Waals surface area contributed by atoms with Gasteiger partial charge in [-0.25, -0.2) is 0 Å². The average molecular weight is 402 g/mol. The number of aliphatic carboxylic acids is 1. The van der Waals surface area contributed by atoms with E-state index < -0.39 is 17.3 Å². The second kappa shape index (κ2) is 8.55. The topological polar surface area (TPSA) is 57.2 Å². The monoisotopic (exact) mass is 401 g/mol. The average Bonchev–Trinajstić information content (AvgIpc) is 2.99. The van der Waals surface area contributed by atoms with Crippen molar-refractivity contribution < 1.29 is 14.7 Å². The number of carboxylic acids is 1. The first-order chi connectivity index (χ1) is 13.6. The van der Waals surface area contributed by atoms with Crippen LogP contribution in [0.5, 0.6) is 0 Å². The Hall–Kier alpha value is -1.12. The summed E-state index contributed by atoms with van der Waals surface area (Å²) >= 11 is 0. The number of carbonyl (C=O) groups excluding carboxylic acids is 2. The van der Waals surface area contributed by atoms with Gasteiger partial charge in [0.25, 0.3) is 0 Å². The fourth-order valence-electron chi connectivity index (χ4n) is 7.46. The Labute approximate surface area is 177 Å². The maximum Gasteiger partial charge on any atom is 0.161 e. The zero-order chi connectivity index (χ0) is 21.4. The van der Waals surface area contributed by atoms with E-state index in [-0.39, 0.29) is 23.0 Å². The van der Waals surface area contributed by atoms with Crippen LogP contribution < -0.4 is 5.11 Å². The number of rotatable bonds is 7. The summed E-state index contributed by atoms with van der Waals surface area (Å²) in [5.74, 6) is 0.770. The van der Waals surface area contributed by atoms with E-state index in [0.717, 1.165) is 44.4 Å². The SMILES string of the molecule is CC(C)CCC[C@@H](C)[C@H]1CC[C@H]2[C@@H](C(=O)[O-])[C@@H]([C@@]3(C)CCC=CC3=O)CC[C@]12C. The van der Waals surface area contributed by atoms with Crippen molar-refractivity contribution in [2.24, 2.45) is 46.3 Å². The molecule has 0 spiro atoms. The molecule has 0 N–H and O–H groups in total. The Morgan fingerprint density at radius 1 is 1.10 bits per heavy atom. The minimum atomic E-state index is -0.914. The molecular weight excluding hydrogens is 360 g/mol. The van der Waals surface area contributed by atoms with Crippen molar-refractivity contribution in [3.8, 4) is 0 Å². The number of fused-ring (bicyclic) bond motifs is 1. The van der Waals surface area contributed by atoms with Crippen molar-refractivity contribution in [3.63, 3.8) is 0 Å². The van der Waals surface area contributed by atoms with Gasteiger partial charge in [-0.05, 0) is 79.6 Å². The molecule has 2 fully saturated rings. The molecule has 0 aromatic carbocycles. The summed E-state index contributed by atoms with van der Waals surface area (Å²) in [7, 11) is 0. The molecule has 0 aliphatic heterocycles. The van der Waals surface area contributed by atoms with Gasteiger partial charge in [0, 0.05) is 17.3 Å². The van der Waals surface area contributed by atoms with Gasteiger partial charge in [0.1, 0.15) is 0 Å². The van der Waals surface area contributed by atoms with Crippen LogP contribution in [0.25, 0.3) is 0 Å². The Morgan fingerprint density at radius 3 is 2.45 bits per heavy atom. The summed E-state index contributed by atoms with van der Waals surface area (Å²) in [5.41, 5.74) is -0.468. The summed E-state index contributed by atoms with van der Waals surface area (Å²) in [6.45, 7) is 11.3. The molecule has 3 rings (SSSR count). The van der Waals surface area contributed by atoms with Crippen molar-refractivity contribution in [2.45, 2.75) is 92.4 Å². The van der Waals surface area contributed by atoms with Gasteiger partial charge in [-0.3, -0.25) is 4.79 Å². The molecule has 0 amide bonds. The largest absolute Gasteiger partial charge is 0.550 e. The van der Waals surface area contributed by atoms with Gasteiger partial charge in [-0.1, -0.05) is 60.0 Å². The van der Waals surface area contributed by atoms with Crippen molar-refractivity contribution >= 4 is 11.8 Å². The lowest BCUT2D eigenvalue weighted by molar-refractivity contribution is -0.319. The first-order valence-corrected chi connectivity index (χ1v) is 12.0. The lowest BCUT2D eigenvalue weighted by Gasteiger charge is -2.54. The van der Waals surface area contributed by atoms with E-state index in [1.54, 1.807) is 6.08 Å². The van der Waals surface area contributed by atoms with Crippen LogP contribution in [-0.4, -0.2) is 11.8 Å². The van der Waals surface area contributed by atoms with E-state index in [9.17, 15) is 14.7 Å². The quantitative estimate of drug-likeness (QED) is 0.590. The highest BCUT2D eigenvalue weighted by Gasteiger charge is 2.58. The standard InChI is InChI=1S/C26H42O3/c1-17(2)9-8-10-18(3)19-12-13-20-23(24(28)29)21(14-16-25(19,20)4)26(5)15-7-6-11-22(26)27/h6,11,17-21,23H,7-10,12-16H2,1-5H3,(H,28,29)/p-1/t18-,19-,20+,21+,23-,25-,26-/m1/s1. The molecule has 0 bridgehead atoms. The van der Waals surface area contributed by atoms with Gasteiger partial charge in [0.2, 0.25) is 0 Å². The fourth-order valence-corrected chi connectivity index (χ4v) is 7.46. The summed E-state index contributed by atoms with van der Waals surface area (Å²) < 4.78 is 0. The third-order valence-electron chi connectivity index (χ3n) is 9.22. The number of ketones is 1. The summed E-state index contributed by atoms with van der Waals surface area (Å²) in [6, 6.07) is 0. The van der Waals surface area contributed by atoms with E-state index >= 15 is 0 Å². The third kappa shape index (κ3) is 4.08. The van der Waals surface area contributed by atoms with Crippen LogP contribution in [0.2, 0.25) is 0 Å². The molecule has 3 nitrogen and oxygen atoms in total. The predicted octanol–water partition coefficient (Wildman–Crippen LogP) is 5.18. The van der Waals surface area contributed by atoms with Gasteiger partial charge < -0.3 is 9.90 Å². The van der Waals surface area contributed by atoms with Gasteiger partial charge in [0.05, 0.1) is 0 Å². The third-order valence-corrected chi connectivity index (χ3v) is 9.22. The van der Waals surface area contributed by atoms with Crippen molar-refractivity contribution in [3.05, 3.63) is 12.2 Å². The normalized spacial score (nSPS) is 40.8. The molecule has 3 aliphatic rings. The second-order valence-electron chi connectivity index (χ2n) is 11.3. The van der Waals surface area contributed by atoms with Crippen molar-refractivity contribution in [1.29, 1.82) is 0 Å². The van der Waals surface area contributed by atoms with Gasteiger partial charge in [-0.15, -0.1) is 0 Å². The zero-order valence-corrected chi connectivity index (χ0v) is 19.2. The van der Waals surface area contributed by atoms with Gasteiger partial charge >= 0.3 is 0 Å². The first-order valence-electron chi connectivity index (χ1n) is 12.0. The highest BCUT2D eigenvalue weighted by atomic mass is 16.4. The van der Waals surface area contributed by atoms with E-state index in [4.69, 9.17) is 0 Å². The number of carbonyl (C=O) groups is 2. The number of hydrogen-bond donors (Lipinski definition) is 0. The summed E-state index contributed by atoms with van der Waals surface area (Å²) in [4.78, 5) is 25.2. The van der Waals surface area contributed by atoms with Crippen LogP contribution in [0, 0.1) is 46.3 Å². The van der Waals surface area contributed by atoms with E-state index in [2.05, 4.69) is 27.7 Å². The zero-order valence-electron chi connectivity index (χ0n) is 19.2. The van der Waals surface area contributed by atoms with Gasteiger partial charge in [0.15, 0.2) is 5.78 Å². The minimum absolute atomic E-state index is 0.0718. The highest BCUT2D eigenvalue weighted by Crippen LogP contribution is 2.63. The van der Waals surface area contributed by atoms with Crippen LogP contribution in [0.1, 0.15) is 92.4 Å². The maximum absolute atomic E-state index is 12.8. The summed E-state index contributed by atoms with van der Waals surface area (Å²) in [6.07, 6.45) is 13.1. The van der Waals surface area contributed by atoms with Crippen LogP contribution in [0.3, 0.4) is 0 Å². The Kier molecular flexibility index (Phi) is 6.65. The van der Waals surface area contributed by atoms with Crippen LogP contribution >= 0.6 is 0 Å². The number of hydrogen-bond acceptors (Lipinski definition) is 3. The molecule has 0 unspecified atom stereocenters. The molecule has 0 radical (unpaired) electrons. The van der Waals surface area contributed by atoms with E-state index in [0.29, 0.717) is 11.8 Å². The van der Waals surface area contributed by atoms with E-state index in [1.165, 1.54) is 19.3 Å². The van der Waals surface area contributed by atoms with Crippen LogP contribution in [0.4, 0.5) is 0 Å². The van der Waals surface area contributed by atoms with Gasteiger partial charge in [-0.2, -0.15) is 0 Å². The lowest BCUT2D eigenvalue weighted by atomic mass is 9.50. The Morgan fingerprint density at radius 2 is 1.83 bits per heavy atom. The molecule has 29 heavy (non-hydrogen) atoms.